The Kier molecular flexibility index (Phi) is 7.33. The highest BCUT2D eigenvalue weighted by Crippen LogP contribution is 2.48. The smallest absolute Gasteiger partial charge is 0.131 e. The van der Waals surface area contributed by atoms with Crippen LogP contribution in [0.4, 0.5) is 4.39 Å². The molecular formula is C32H37FO. The fourth-order valence-electron chi connectivity index (χ4n) is 6.45. The molecule has 0 aromatic heterocycles. The zero-order valence-corrected chi connectivity index (χ0v) is 20.4. The molecule has 2 aliphatic carbocycles. The van der Waals surface area contributed by atoms with Crippen molar-refractivity contribution in [2.24, 2.45) is 17.8 Å². The maximum Gasteiger partial charge on any atom is 0.131 e. The first-order valence-electron chi connectivity index (χ1n) is 13.3. The SMILES string of the molecule is CCCC1CC[C@@H]2C[C@H](c3ccc(-c4ccc(OCc5ccccc5)cc4)c(F)c3)CC[C@@H]2C1. The van der Waals surface area contributed by atoms with Gasteiger partial charge in [0.1, 0.15) is 18.2 Å². The highest BCUT2D eigenvalue weighted by Gasteiger charge is 2.35. The summed E-state index contributed by atoms with van der Waals surface area (Å²) in [5.41, 5.74) is 3.90. The van der Waals surface area contributed by atoms with Gasteiger partial charge >= 0.3 is 0 Å². The molecular weight excluding hydrogens is 419 g/mol. The van der Waals surface area contributed by atoms with Gasteiger partial charge in [0.15, 0.2) is 0 Å². The first kappa shape index (κ1) is 23.1. The Bertz CT molecular complexity index is 1060. The lowest BCUT2D eigenvalue weighted by Crippen LogP contribution is -2.30. The minimum atomic E-state index is -0.107. The van der Waals surface area contributed by atoms with Crippen LogP contribution < -0.4 is 4.74 Å². The molecule has 0 heterocycles. The van der Waals surface area contributed by atoms with Crippen molar-refractivity contribution in [2.75, 3.05) is 0 Å². The zero-order chi connectivity index (χ0) is 23.3. The van der Waals surface area contributed by atoms with Crippen LogP contribution in [0.3, 0.4) is 0 Å². The summed E-state index contributed by atoms with van der Waals surface area (Å²) in [5, 5.41) is 0. The third-order valence-electron chi connectivity index (χ3n) is 8.30. The number of benzene rings is 3. The van der Waals surface area contributed by atoms with Crippen molar-refractivity contribution in [3.05, 3.63) is 89.7 Å². The summed E-state index contributed by atoms with van der Waals surface area (Å²) in [4.78, 5) is 0. The summed E-state index contributed by atoms with van der Waals surface area (Å²) in [5.74, 6) is 3.92. The summed E-state index contributed by atoms with van der Waals surface area (Å²) >= 11 is 0. The Hall–Kier alpha value is -2.61. The number of halogens is 1. The molecule has 0 amide bonds. The molecule has 5 rings (SSSR count). The van der Waals surface area contributed by atoms with Crippen LogP contribution in [0.5, 0.6) is 5.75 Å². The van der Waals surface area contributed by atoms with E-state index < -0.39 is 0 Å². The van der Waals surface area contributed by atoms with Crippen LogP contribution >= 0.6 is 0 Å². The van der Waals surface area contributed by atoms with Crippen molar-refractivity contribution in [1.29, 1.82) is 0 Å². The molecule has 34 heavy (non-hydrogen) atoms. The molecule has 3 aromatic rings. The van der Waals surface area contributed by atoms with Gasteiger partial charge in [-0.05, 0) is 90.7 Å². The third kappa shape index (κ3) is 5.37. The van der Waals surface area contributed by atoms with Crippen molar-refractivity contribution < 1.29 is 9.13 Å². The van der Waals surface area contributed by atoms with Gasteiger partial charge in [0.25, 0.3) is 0 Å². The molecule has 3 aromatic carbocycles. The summed E-state index contributed by atoms with van der Waals surface area (Å²) in [6.45, 7) is 2.85. The maximum absolute atomic E-state index is 15.2. The lowest BCUT2D eigenvalue weighted by Gasteiger charge is -2.42. The first-order chi connectivity index (χ1) is 16.7. The van der Waals surface area contributed by atoms with E-state index in [1.807, 2.05) is 54.6 Å². The van der Waals surface area contributed by atoms with Gasteiger partial charge in [-0.1, -0.05) is 80.8 Å². The summed E-state index contributed by atoms with van der Waals surface area (Å²) in [6.07, 6.45) is 10.7. The Morgan fingerprint density at radius 1 is 0.824 bits per heavy atom. The Balaban J connectivity index is 1.21. The second-order valence-electron chi connectivity index (χ2n) is 10.5. The third-order valence-corrected chi connectivity index (χ3v) is 8.30. The molecule has 4 atom stereocenters. The van der Waals surface area contributed by atoms with Gasteiger partial charge in [-0.25, -0.2) is 4.39 Å². The van der Waals surface area contributed by atoms with E-state index in [1.165, 1.54) is 56.9 Å². The molecule has 0 N–H and O–H groups in total. The van der Waals surface area contributed by atoms with Crippen molar-refractivity contribution in [3.8, 4) is 16.9 Å². The lowest BCUT2D eigenvalue weighted by molar-refractivity contribution is 0.114. The van der Waals surface area contributed by atoms with E-state index in [0.717, 1.165) is 34.6 Å². The van der Waals surface area contributed by atoms with Crippen LogP contribution in [0.25, 0.3) is 11.1 Å². The van der Waals surface area contributed by atoms with Crippen LogP contribution in [0.2, 0.25) is 0 Å². The minimum Gasteiger partial charge on any atom is -0.489 e. The molecule has 2 fully saturated rings. The van der Waals surface area contributed by atoms with Crippen LogP contribution in [0.15, 0.2) is 72.8 Å². The van der Waals surface area contributed by atoms with E-state index in [4.69, 9.17) is 4.74 Å². The van der Waals surface area contributed by atoms with Crippen LogP contribution in [-0.4, -0.2) is 0 Å². The standard InChI is InChI=1S/C32H37FO/c1-2-6-23-9-10-27-20-28(12-11-26(27)19-23)29-15-18-31(32(33)21-29)25-13-16-30(17-14-25)34-22-24-7-4-3-5-8-24/h3-5,7-8,13-18,21,23,26-28H,2,6,9-12,19-20,22H2,1H3/t23?,26-,27-,28-/m1/s1. The average molecular weight is 457 g/mol. The molecule has 2 saturated carbocycles. The molecule has 2 aliphatic rings. The Morgan fingerprint density at radius 3 is 2.35 bits per heavy atom. The number of fused-ring (bicyclic) bond motifs is 1. The van der Waals surface area contributed by atoms with Crippen molar-refractivity contribution in [1.82, 2.24) is 0 Å². The molecule has 1 unspecified atom stereocenters. The monoisotopic (exact) mass is 456 g/mol. The van der Waals surface area contributed by atoms with E-state index in [-0.39, 0.29) is 5.82 Å². The second-order valence-corrected chi connectivity index (χ2v) is 10.5. The van der Waals surface area contributed by atoms with E-state index in [9.17, 15) is 0 Å². The Morgan fingerprint density at radius 2 is 1.59 bits per heavy atom. The predicted molar refractivity (Wildman–Crippen MR) is 138 cm³/mol. The van der Waals surface area contributed by atoms with Crippen LogP contribution in [0, 0.1) is 23.6 Å². The second kappa shape index (κ2) is 10.8. The van der Waals surface area contributed by atoms with Gasteiger partial charge < -0.3 is 4.74 Å². The van der Waals surface area contributed by atoms with Gasteiger partial charge in [-0.3, -0.25) is 0 Å². The molecule has 2 heteroatoms. The maximum atomic E-state index is 15.2. The number of hydrogen-bond donors (Lipinski definition) is 0. The molecule has 1 nitrogen and oxygen atoms in total. The zero-order valence-electron chi connectivity index (χ0n) is 20.4. The van der Waals surface area contributed by atoms with Crippen molar-refractivity contribution >= 4 is 0 Å². The van der Waals surface area contributed by atoms with Crippen LogP contribution in [0.1, 0.15) is 75.3 Å². The molecule has 178 valence electrons. The highest BCUT2D eigenvalue weighted by atomic mass is 19.1. The summed E-state index contributed by atoms with van der Waals surface area (Å²) in [6, 6.07) is 23.9. The molecule has 0 spiro atoms. The first-order valence-corrected chi connectivity index (χ1v) is 13.3. The van der Waals surface area contributed by atoms with Crippen LogP contribution in [-0.2, 0) is 6.61 Å². The fourth-order valence-corrected chi connectivity index (χ4v) is 6.45. The summed E-state index contributed by atoms with van der Waals surface area (Å²) in [7, 11) is 0. The average Bonchev–Trinajstić information content (AvgIpc) is 2.88. The Labute approximate surface area is 204 Å². The van der Waals surface area contributed by atoms with E-state index in [2.05, 4.69) is 25.1 Å². The number of hydrogen-bond acceptors (Lipinski definition) is 1. The minimum absolute atomic E-state index is 0.107. The van der Waals surface area contributed by atoms with Gasteiger partial charge in [0.05, 0.1) is 0 Å². The fraction of sp³-hybridized carbons (Fsp3) is 0.438. The van der Waals surface area contributed by atoms with Crippen molar-refractivity contribution in [2.45, 2.75) is 70.8 Å². The predicted octanol–water partition coefficient (Wildman–Crippen LogP) is 9.17. The molecule has 0 bridgehead atoms. The molecule has 0 radical (unpaired) electrons. The lowest BCUT2D eigenvalue weighted by atomic mass is 9.63. The van der Waals surface area contributed by atoms with Gasteiger partial charge in [0, 0.05) is 5.56 Å². The quantitative estimate of drug-likeness (QED) is 0.344. The number of rotatable bonds is 7. The molecule has 0 saturated heterocycles. The van der Waals surface area contributed by atoms with E-state index in [1.54, 1.807) is 0 Å². The highest BCUT2D eigenvalue weighted by molar-refractivity contribution is 5.65. The van der Waals surface area contributed by atoms with E-state index >= 15 is 4.39 Å². The van der Waals surface area contributed by atoms with Crippen molar-refractivity contribution in [3.63, 3.8) is 0 Å². The van der Waals surface area contributed by atoms with Gasteiger partial charge in [0.2, 0.25) is 0 Å². The topological polar surface area (TPSA) is 9.23 Å². The summed E-state index contributed by atoms with van der Waals surface area (Å²) < 4.78 is 21.1. The van der Waals surface area contributed by atoms with E-state index in [0.29, 0.717) is 18.1 Å². The van der Waals surface area contributed by atoms with Gasteiger partial charge in [-0.2, -0.15) is 0 Å². The van der Waals surface area contributed by atoms with Gasteiger partial charge in [-0.15, -0.1) is 0 Å². The number of ether oxygens (including phenoxy) is 1. The normalized spacial score (nSPS) is 24.4. The molecule has 0 aliphatic heterocycles. The largest absolute Gasteiger partial charge is 0.489 e.